The minimum absolute atomic E-state index is 0.0344. The van der Waals surface area contributed by atoms with Gasteiger partial charge in [0, 0.05) is 12.1 Å². The van der Waals surface area contributed by atoms with Crippen LogP contribution in [-0.2, 0) is 18.9 Å². The van der Waals surface area contributed by atoms with Gasteiger partial charge in [-0.3, -0.25) is 0 Å². The first-order valence-electron chi connectivity index (χ1n) is 7.99. The maximum absolute atomic E-state index is 11.8. The van der Waals surface area contributed by atoms with Crippen molar-refractivity contribution in [1.82, 2.24) is 0 Å². The fraction of sp³-hybridized carbons (Fsp3) is 0.200. The number of methoxy groups -OCH3 is 4. The highest BCUT2D eigenvalue weighted by Gasteiger charge is 2.23. The van der Waals surface area contributed by atoms with Crippen molar-refractivity contribution in [2.75, 3.05) is 28.4 Å². The molecule has 0 saturated heterocycles. The van der Waals surface area contributed by atoms with Gasteiger partial charge in [0.25, 0.3) is 0 Å². The van der Waals surface area contributed by atoms with Crippen molar-refractivity contribution >= 4 is 23.9 Å². The molecule has 10 heteroatoms. The first-order valence-corrected chi connectivity index (χ1v) is 7.99. The summed E-state index contributed by atoms with van der Waals surface area (Å²) in [5, 5.41) is 0. The molecule has 0 fully saturated rings. The van der Waals surface area contributed by atoms with E-state index >= 15 is 0 Å². The number of hydrogen-bond acceptors (Lipinski definition) is 10. The van der Waals surface area contributed by atoms with Crippen molar-refractivity contribution in [3.8, 4) is 23.7 Å². The minimum Gasteiger partial charge on any atom is -0.463 e. The molecule has 0 N–H and O–H groups in total. The molecule has 0 spiro atoms. The second-order valence-electron chi connectivity index (χ2n) is 5.17. The third-order valence-corrected chi connectivity index (χ3v) is 3.44. The van der Waals surface area contributed by atoms with Crippen molar-refractivity contribution < 1.29 is 47.0 Å². The van der Waals surface area contributed by atoms with E-state index in [1.165, 1.54) is 12.1 Å². The molecule has 2 rings (SSSR count). The van der Waals surface area contributed by atoms with Gasteiger partial charge in [-0.05, 0) is 23.7 Å². The monoisotopic (exact) mass is 414 g/mol. The Bertz CT molecular complexity index is 1030. The van der Waals surface area contributed by atoms with Gasteiger partial charge in [-0.15, -0.1) is 0 Å². The van der Waals surface area contributed by atoms with Crippen LogP contribution in [0.1, 0.15) is 53.3 Å². The van der Waals surface area contributed by atoms with Gasteiger partial charge >= 0.3 is 23.9 Å². The maximum atomic E-state index is 11.8. The maximum Gasteiger partial charge on any atom is 0.375 e. The van der Waals surface area contributed by atoms with Gasteiger partial charge in [0.2, 0.25) is 23.0 Å². The number of rotatable bonds is 4. The van der Waals surface area contributed by atoms with Crippen molar-refractivity contribution in [1.29, 1.82) is 0 Å². The van der Waals surface area contributed by atoms with E-state index in [1.807, 2.05) is 0 Å². The molecular weight excluding hydrogens is 400 g/mol. The summed E-state index contributed by atoms with van der Waals surface area (Å²) < 4.78 is 28.4. The first kappa shape index (κ1) is 21.9. The summed E-state index contributed by atoms with van der Waals surface area (Å²) >= 11 is 0. The second kappa shape index (κ2) is 9.66. The van der Waals surface area contributed by atoms with Crippen LogP contribution >= 0.6 is 0 Å². The van der Waals surface area contributed by atoms with Crippen LogP contribution in [0.3, 0.4) is 0 Å². The molecule has 0 aromatic carbocycles. The molecule has 0 aliphatic heterocycles. The normalized spacial score (nSPS) is 9.33. The van der Waals surface area contributed by atoms with Gasteiger partial charge in [0.1, 0.15) is 0 Å². The van der Waals surface area contributed by atoms with Crippen LogP contribution in [0.4, 0.5) is 0 Å². The van der Waals surface area contributed by atoms with Gasteiger partial charge in [0.15, 0.2) is 0 Å². The molecule has 0 atom stereocenters. The van der Waals surface area contributed by atoms with E-state index < -0.39 is 23.9 Å². The van der Waals surface area contributed by atoms with Crippen LogP contribution in [0, 0.1) is 23.7 Å². The Morgan fingerprint density at radius 2 is 0.967 bits per heavy atom. The number of ether oxygens (including phenoxy) is 4. The van der Waals surface area contributed by atoms with Gasteiger partial charge in [0.05, 0.1) is 39.6 Å². The van der Waals surface area contributed by atoms with E-state index in [-0.39, 0.29) is 34.2 Å². The largest absolute Gasteiger partial charge is 0.463 e. The Balaban J connectivity index is 2.41. The lowest BCUT2D eigenvalue weighted by Gasteiger charge is -1.95. The number of furan rings is 2. The van der Waals surface area contributed by atoms with E-state index in [0.717, 1.165) is 28.4 Å². The van der Waals surface area contributed by atoms with Crippen LogP contribution in [0.5, 0.6) is 0 Å². The zero-order valence-electron chi connectivity index (χ0n) is 16.2. The summed E-state index contributed by atoms with van der Waals surface area (Å²) in [6.07, 6.45) is 0. The van der Waals surface area contributed by atoms with Crippen LogP contribution in [0.2, 0.25) is 0 Å². The molecule has 2 heterocycles. The SMILES string of the molecule is COC(=O)c1cc(C#CC#Cc2cc(C(=O)OC)oc2C(=O)OC)c(C(=O)OC)o1. The van der Waals surface area contributed by atoms with Gasteiger partial charge in [-0.25, -0.2) is 19.2 Å². The number of carbonyl (C=O) groups is 4. The molecule has 2 aromatic rings. The standard InChI is InChI=1S/C20H14O10/c1-25-17(21)13-9-11(15(29-13)19(23)27-3)7-5-6-8-12-10-14(18(22)26-2)30-16(12)20(24)28-4/h9-10H,1-4H3. The Hall–Kier alpha value is -4.44. The highest BCUT2D eigenvalue weighted by Crippen LogP contribution is 2.18. The summed E-state index contributed by atoms with van der Waals surface area (Å²) in [5.74, 6) is 5.51. The fourth-order valence-electron chi connectivity index (χ4n) is 2.06. The minimum atomic E-state index is -0.854. The lowest BCUT2D eigenvalue weighted by atomic mass is 10.2. The first-order chi connectivity index (χ1) is 14.4. The molecule has 0 bridgehead atoms. The quantitative estimate of drug-likeness (QED) is 0.411. The van der Waals surface area contributed by atoms with E-state index in [0.29, 0.717) is 0 Å². The molecule has 0 saturated carbocycles. The molecular formula is C20H14O10. The molecule has 154 valence electrons. The summed E-state index contributed by atoms with van der Waals surface area (Å²) in [6, 6.07) is 2.39. The topological polar surface area (TPSA) is 131 Å². The van der Waals surface area contributed by atoms with E-state index in [9.17, 15) is 19.2 Å². The van der Waals surface area contributed by atoms with Crippen LogP contribution < -0.4 is 0 Å². The predicted molar refractivity (Wildman–Crippen MR) is 96.5 cm³/mol. The van der Waals surface area contributed by atoms with Crippen LogP contribution in [0.15, 0.2) is 21.0 Å². The average Bonchev–Trinajstić information content (AvgIpc) is 3.39. The van der Waals surface area contributed by atoms with Gasteiger partial charge in [-0.1, -0.05) is 0 Å². The Morgan fingerprint density at radius 3 is 1.27 bits per heavy atom. The van der Waals surface area contributed by atoms with E-state index in [2.05, 4.69) is 42.6 Å². The Kier molecular flexibility index (Phi) is 7.04. The zero-order chi connectivity index (χ0) is 22.3. The van der Waals surface area contributed by atoms with E-state index in [1.54, 1.807) is 0 Å². The average molecular weight is 414 g/mol. The van der Waals surface area contributed by atoms with Crippen LogP contribution in [0.25, 0.3) is 0 Å². The highest BCUT2D eigenvalue weighted by molar-refractivity contribution is 5.94. The molecule has 0 aliphatic carbocycles. The number of carbonyl (C=O) groups excluding carboxylic acids is 4. The lowest BCUT2D eigenvalue weighted by Crippen LogP contribution is -2.02. The summed E-state index contributed by atoms with van der Waals surface area (Å²) in [5.41, 5.74) is 0.0689. The smallest absolute Gasteiger partial charge is 0.375 e. The number of esters is 4. The highest BCUT2D eigenvalue weighted by atomic mass is 16.6. The third kappa shape index (κ3) is 4.69. The molecule has 0 amide bonds. The predicted octanol–water partition coefficient (Wildman–Crippen LogP) is 1.42. The number of hydrogen-bond donors (Lipinski definition) is 0. The molecule has 0 aliphatic rings. The summed E-state index contributed by atoms with van der Waals surface area (Å²) in [6.45, 7) is 0. The fourth-order valence-corrected chi connectivity index (χ4v) is 2.06. The van der Waals surface area contributed by atoms with Crippen molar-refractivity contribution in [2.24, 2.45) is 0 Å². The molecule has 10 nitrogen and oxygen atoms in total. The Labute approximate surface area is 170 Å². The van der Waals surface area contributed by atoms with Crippen molar-refractivity contribution in [3.05, 3.63) is 46.3 Å². The van der Waals surface area contributed by atoms with Gasteiger partial charge in [-0.2, -0.15) is 0 Å². The summed E-state index contributed by atoms with van der Waals surface area (Å²) in [7, 11) is 4.55. The van der Waals surface area contributed by atoms with E-state index in [4.69, 9.17) is 8.83 Å². The van der Waals surface area contributed by atoms with Crippen LogP contribution in [-0.4, -0.2) is 52.3 Å². The van der Waals surface area contributed by atoms with Gasteiger partial charge < -0.3 is 27.8 Å². The van der Waals surface area contributed by atoms with Crippen molar-refractivity contribution in [2.45, 2.75) is 0 Å². The lowest BCUT2D eigenvalue weighted by molar-refractivity contribution is 0.0515. The Morgan fingerprint density at radius 1 is 0.633 bits per heavy atom. The van der Waals surface area contributed by atoms with Crippen molar-refractivity contribution in [3.63, 3.8) is 0 Å². The zero-order valence-corrected chi connectivity index (χ0v) is 16.2. The second-order valence-corrected chi connectivity index (χ2v) is 5.17. The molecule has 30 heavy (non-hydrogen) atoms. The summed E-state index contributed by atoms with van der Waals surface area (Å²) in [4.78, 5) is 46.7. The molecule has 0 unspecified atom stereocenters. The molecule has 2 aromatic heterocycles. The molecule has 0 radical (unpaired) electrons. The third-order valence-electron chi connectivity index (χ3n) is 3.44.